The Hall–Kier alpha value is -2.41. The van der Waals surface area contributed by atoms with Gasteiger partial charge in [-0.2, -0.15) is 5.10 Å². The van der Waals surface area contributed by atoms with Gasteiger partial charge < -0.3 is 14.2 Å². The van der Waals surface area contributed by atoms with Gasteiger partial charge in [-0.05, 0) is 52.0 Å². The first-order chi connectivity index (χ1) is 12.8. The van der Waals surface area contributed by atoms with Crippen molar-refractivity contribution in [3.05, 3.63) is 32.2 Å². The van der Waals surface area contributed by atoms with Crippen LogP contribution in [0, 0.1) is 3.57 Å². The van der Waals surface area contributed by atoms with E-state index in [1.54, 1.807) is 12.1 Å². The summed E-state index contributed by atoms with van der Waals surface area (Å²) in [5.74, 6) is -0.847. The Labute approximate surface area is 172 Å². The minimum absolute atomic E-state index is 0.165. The molecule has 1 aliphatic rings. The molecular weight excluding hydrogens is 489 g/mol. The van der Waals surface area contributed by atoms with Gasteiger partial charge >= 0.3 is 11.9 Å². The number of hydrogen-bond donors (Lipinski definition) is 1. The number of hydrogen-bond acceptors (Lipinski definition) is 9. The first-order valence-corrected chi connectivity index (χ1v) is 9.19. The van der Waals surface area contributed by atoms with E-state index in [9.17, 15) is 14.4 Å². The standard InChI is InChI=1S/C16H14IN3O6S/c1-8(21)26-14-10(17)4-9(5-11(14)24-2)7-18-20-16-19-15(23)12(27-16)6-13(22)25-3/h4-7H,1-3H3,(H,19,20,23)/b12-6+,18-7?. The molecule has 2 rings (SSSR count). The van der Waals surface area contributed by atoms with Crippen LogP contribution in [0.25, 0.3) is 0 Å². The lowest BCUT2D eigenvalue weighted by Gasteiger charge is -2.10. The SMILES string of the molecule is COC(=O)/C=C1/S/C(=N\N=Cc2cc(I)c(OC(C)=O)c(OC)c2)NC1=O. The normalized spacial score (nSPS) is 16.7. The largest absolute Gasteiger partial charge is 0.493 e. The number of benzene rings is 1. The Morgan fingerprint density at radius 3 is 2.67 bits per heavy atom. The van der Waals surface area contributed by atoms with Crippen molar-refractivity contribution in [3.8, 4) is 11.5 Å². The van der Waals surface area contributed by atoms with E-state index >= 15 is 0 Å². The average molecular weight is 503 g/mol. The maximum atomic E-state index is 11.7. The molecule has 1 aromatic rings. The third-order valence-corrected chi connectivity index (χ3v) is 4.66. The summed E-state index contributed by atoms with van der Waals surface area (Å²) in [5.41, 5.74) is 0.649. The van der Waals surface area contributed by atoms with Crippen LogP contribution in [0.15, 0.2) is 33.3 Å². The summed E-state index contributed by atoms with van der Waals surface area (Å²) in [5, 5.41) is 10.5. The molecule has 142 valence electrons. The molecule has 1 N–H and O–H groups in total. The first kappa shape index (κ1) is 20.9. The molecule has 1 aliphatic heterocycles. The summed E-state index contributed by atoms with van der Waals surface area (Å²) in [6, 6.07) is 3.36. The fourth-order valence-corrected chi connectivity index (χ4v) is 3.32. The number of amides is 1. The number of amidine groups is 1. The Kier molecular flexibility index (Phi) is 7.36. The molecule has 1 heterocycles. The molecule has 0 saturated carbocycles. The van der Waals surface area contributed by atoms with Crippen molar-refractivity contribution in [1.82, 2.24) is 5.32 Å². The molecule has 9 nitrogen and oxygen atoms in total. The number of carbonyl (C=O) groups is 3. The second-order valence-corrected chi connectivity index (χ2v) is 7.06. The first-order valence-electron chi connectivity index (χ1n) is 7.30. The molecule has 0 atom stereocenters. The summed E-state index contributed by atoms with van der Waals surface area (Å²) >= 11 is 2.98. The highest BCUT2D eigenvalue weighted by Crippen LogP contribution is 2.33. The fraction of sp³-hybridized carbons (Fsp3) is 0.188. The topological polar surface area (TPSA) is 116 Å². The molecule has 11 heteroatoms. The lowest BCUT2D eigenvalue weighted by Crippen LogP contribution is -2.19. The van der Waals surface area contributed by atoms with Crippen LogP contribution < -0.4 is 14.8 Å². The highest BCUT2D eigenvalue weighted by Gasteiger charge is 2.25. The molecular formula is C16H14IN3O6S. The van der Waals surface area contributed by atoms with E-state index in [-0.39, 0.29) is 10.1 Å². The van der Waals surface area contributed by atoms with Crippen molar-refractivity contribution in [2.75, 3.05) is 14.2 Å². The van der Waals surface area contributed by atoms with E-state index in [1.807, 2.05) is 22.6 Å². The number of ether oxygens (including phenoxy) is 3. The van der Waals surface area contributed by atoms with Crippen LogP contribution in [0.3, 0.4) is 0 Å². The van der Waals surface area contributed by atoms with Gasteiger partial charge in [0.25, 0.3) is 5.91 Å². The molecule has 0 bridgehead atoms. The van der Waals surface area contributed by atoms with Gasteiger partial charge in [-0.25, -0.2) is 4.79 Å². The van der Waals surface area contributed by atoms with Crippen LogP contribution in [-0.4, -0.2) is 43.4 Å². The van der Waals surface area contributed by atoms with E-state index in [0.29, 0.717) is 20.6 Å². The predicted molar refractivity (Wildman–Crippen MR) is 108 cm³/mol. The summed E-state index contributed by atoms with van der Waals surface area (Å²) in [4.78, 5) is 34.3. The van der Waals surface area contributed by atoms with Crippen molar-refractivity contribution < 1.29 is 28.6 Å². The third kappa shape index (κ3) is 5.79. The van der Waals surface area contributed by atoms with Gasteiger partial charge in [-0.15, -0.1) is 5.10 Å². The summed E-state index contributed by atoms with van der Waals surface area (Å²) in [7, 11) is 2.68. The quantitative estimate of drug-likeness (QED) is 0.163. The number of methoxy groups -OCH3 is 2. The Morgan fingerprint density at radius 2 is 2.04 bits per heavy atom. The van der Waals surface area contributed by atoms with E-state index < -0.39 is 17.8 Å². The minimum Gasteiger partial charge on any atom is -0.493 e. The van der Waals surface area contributed by atoms with Gasteiger partial charge in [0.15, 0.2) is 16.7 Å². The fourth-order valence-electron chi connectivity index (χ4n) is 1.85. The maximum absolute atomic E-state index is 11.7. The van der Waals surface area contributed by atoms with Crippen LogP contribution in [0.5, 0.6) is 11.5 Å². The summed E-state index contributed by atoms with van der Waals surface area (Å²) < 4.78 is 15.5. The summed E-state index contributed by atoms with van der Waals surface area (Å²) in [6.45, 7) is 1.30. The smallest absolute Gasteiger partial charge is 0.331 e. The zero-order valence-corrected chi connectivity index (χ0v) is 17.4. The number of nitrogens with one attached hydrogen (secondary N) is 1. The molecule has 0 radical (unpaired) electrons. The number of esters is 2. The highest BCUT2D eigenvalue weighted by atomic mass is 127. The molecule has 0 unspecified atom stereocenters. The Morgan fingerprint density at radius 1 is 1.30 bits per heavy atom. The maximum Gasteiger partial charge on any atom is 0.331 e. The van der Waals surface area contributed by atoms with Crippen LogP contribution in [0.4, 0.5) is 0 Å². The van der Waals surface area contributed by atoms with Crippen molar-refractivity contribution in [2.24, 2.45) is 10.2 Å². The molecule has 1 fully saturated rings. The second kappa shape index (κ2) is 9.50. The molecule has 1 amide bonds. The van der Waals surface area contributed by atoms with E-state index in [4.69, 9.17) is 9.47 Å². The third-order valence-electron chi connectivity index (χ3n) is 2.95. The second-order valence-electron chi connectivity index (χ2n) is 4.87. The van der Waals surface area contributed by atoms with Crippen molar-refractivity contribution in [2.45, 2.75) is 6.92 Å². The molecule has 1 saturated heterocycles. The van der Waals surface area contributed by atoms with Crippen LogP contribution in [0.1, 0.15) is 12.5 Å². The number of rotatable bonds is 5. The van der Waals surface area contributed by atoms with Gasteiger partial charge in [-0.1, -0.05) is 0 Å². The number of nitrogens with zero attached hydrogens (tertiary/aromatic N) is 2. The zero-order valence-electron chi connectivity index (χ0n) is 14.4. The van der Waals surface area contributed by atoms with Crippen LogP contribution in [0.2, 0.25) is 0 Å². The summed E-state index contributed by atoms with van der Waals surface area (Å²) in [6.07, 6.45) is 2.52. The molecule has 0 aliphatic carbocycles. The lowest BCUT2D eigenvalue weighted by atomic mass is 10.2. The highest BCUT2D eigenvalue weighted by molar-refractivity contribution is 14.1. The van der Waals surface area contributed by atoms with E-state index in [0.717, 1.165) is 17.8 Å². The van der Waals surface area contributed by atoms with Crippen molar-refractivity contribution in [1.29, 1.82) is 0 Å². The average Bonchev–Trinajstić information content (AvgIpc) is 2.95. The van der Waals surface area contributed by atoms with Gasteiger partial charge in [-0.3, -0.25) is 14.9 Å². The van der Waals surface area contributed by atoms with Crippen molar-refractivity contribution >= 4 is 63.6 Å². The predicted octanol–water partition coefficient (Wildman–Crippen LogP) is 1.83. The van der Waals surface area contributed by atoms with E-state index in [2.05, 4.69) is 20.3 Å². The molecule has 0 spiro atoms. The molecule has 1 aromatic carbocycles. The molecule has 0 aromatic heterocycles. The van der Waals surface area contributed by atoms with E-state index in [1.165, 1.54) is 27.4 Å². The van der Waals surface area contributed by atoms with Gasteiger partial charge in [0, 0.05) is 13.0 Å². The van der Waals surface area contributed by atoms with Crippen LogP contribution in [-0.2, 0) is 19.1 Å². The van der Waals surface area contributed by atoms with Gasteiger partial charge in [0.1, 0.15) is 0 Å². The monoisotopic (exact) mass is 503 g/mol. The van der Waals surface area contributed by atoms with Crippen molar-refractivity contribution in [3.63, 3.8) is 0 Å². The van der Waals surface area contributed by atoms with Gasteiger partial charge in [0.05, 0.1) is 28.9 Å². The van der Waals surface area contributed by atoms with Crippen LogP contribution >= 0.6 is 34.4 Å². The lowest BCUT2D eigenvalue weighted by molar-refractivity contribution is -0.135. The number of thioether (sulfide) groups is 1. The van der Waals surface area contributed by atoms with Gasteiger partial charge in [0.2, 0.25) is 0 Å². The zero-order chi connectivity index (χ0) is 20.0. The number of halogens is 1. The number of carbonyl (C=O) groups excluding carboxylic acids is 3. The molecule has 27 heavy (non-hydrogen) atoms. The minimum atomic E-state index is -0.632. The Balaban J connectivity index is 2.17. The Bertz CT molecular complexity index is 881.